The van der Waals surface area contributed by atoms with Gasteiger partial charge in [0.05, 0.1) is 5.92 Å². The van der Waals surface area contributed by atoms with E-state index in [4.69, 9.17) is 26.2 Å². The van der Waals surface area contributed by atoms with Gasteiger partial charge < -0.3 is 19.9 Å². The first-order valence-electron chi connectivity index (χ1n) is 6.12. The molecule has 0 bridgehead atoms. The number of hydrogen-bond acceptors (Lipinski definition) is 4. The minimum atomic E-state index is -0.774. The maximum Gasteiger partial charge on any atom is 0.307 e. The maximum atomic E-state index is 11.0. The first kappa shape index (κ1) is 12.6. The zero-order valence-electron chi connectivity index (χ0n) is 10.4. The van der Waals surface area contributed by atoms with Crippen molar-refractivity contribution in [2.24, 2.45) is 5.92 Å². The smallest absolute Gasteiger partial charge is 0.307 e. The van der Waals surface area contributed by atoms with Gasteiger partial charge in [-0.05, 0) is 18.9 Å². The molecule has 19 heavy (non-hydrogen) atoms. The van der Waals surface area contributed by atoms with Crippen molar-refractivity contribution in [1.82, 2.24) is 5.32 Å². The SMILES string of the molecule is Cc1c2c(cc(Cl)c1C1CC(C(=O)O)CN1)OCO2. The lowest BCUT2D eigenvalue weighted by Gasteiger charge is -2.17. The fourth-order valence-corrected chi connectivity index (χ4v) is 3.13. The molecule has 0 radical (unpaired) electrons. The van der Waals surface area contributed by atoms with Gasteiger partial charge in [-0.2, -0.15) is 0 Å². The van der Waals surface area contributed by atoms with Crippen molar-refractivity contribution in [3.63, 3.8) is 0 Å². The van der Waals surface area contributed by atoms with E-state index in [0.717, 1.165) is 11.1 Å². The minimum Gasteiger partial charge on any atom is -0.481 e. The Balaban J connectivity index is 1.96. The highest BCUT2D eigenvalue weighted by Crippen LogP contribution is 2.44. The lowest BCUT2D eigenvalue weighted by Crippen LogP contribution is -2.17. The molecule has 1 fully saturated rings. The highest BCUT2D eigenvalue weighted by atomic mass is 35.5. The van der Waals surface area contributed by atoms with Crippen LogP contribution >= 0.6 is 11.6 Å². The average Bonchev–Trinajstić information content (AvgIpc) is 2.97. The standard InChI is InChI=1S/C13H14ClNO4/c1-6-11(9-2-7(4-15-9)13(16)17)8(14)3-10-12(6)19-5-18-10/h3,7,9,15H,2,4-5H2,1H3,(H,16,17). The highest BCUT2D eigenvalue weighted by Gasteiger charge is 2.34. The van der Waals surface area contributed by atoms with Crippen molar-refractivity contribution >= 4 is 17.6 Å². The lowest BCUT2D eigenvalue weighted by atomic mass is 9.95. The molecule has 0 aliphatic carbocycles. The summed E-state index contributed by atoms with van der Waals surface area (Å²) in [6, 6.07) is 1.69. The van der Waals surface area contributed by atoms with E-state index in [0.29, 0.717) is 29.5 Å². The zero-order chi connectivity index (χ0) is 13.6. The van der Waals surface area contributed by atoms with Crippen molar-refractivity contribution in [3.8, 4) is 11.5 Å². The predicted octanol–water partition coefficient (Wildman–Crippen LogP) is 2.11. The van der Waals surface area contributed by atoms with Crippen molar-refractivity contribution in [2.45, 2.75) is 19.4 Å². The molecule has 3 rings (SSSR count). The van der Waals surface area contributed by atoms with Crippen LogP contribution in [0.3, 0.4) is 0 Å². The summed E-state index contributed by atoms with van der Waals surface area (Å²) in [5.74, 6) is 0.217. The second-order valence-corrected chi connectivity index (χ2v) is 5.27. The number of carbonyl (C=O) groups is 1. The molecule has 6 heteroatoms. The minimum absolute atomic E-state index is 0.0527. The number of rotatable bonds is 2. The van der Waals surface area contributed by atoms with Crippen LogP contribution in [0, 0.1) is 12.8 Å². The molecule has 0 saturated carbocycles. The molecule has 0 amide bonds. The summed E-state index contributed by atoms with van der Waals surface area (Å²) < 4.78 is 10.7. The van der Waals surface area contributed by atoms with Gasteiger partial charge in [0.1, 0.15) is 0 Å². The number of carboxylic acids is 1. The fraction of sp³-hybridized carbons (Fsp3) is 0.462. The van der Waals surface area contributed by atoms with Gasteiger partial charge in [0.2, 0.25) is 6.79 Å². The summed E-state index contributed by atoms with van der Waals surface area (Å²) in [5, 5.41) is 12.9. The molecule has 1 aromatic carbocycles. The van der Waals surface area contributed by atoms with Crippen LogP contribution in [0.5, 0.6) is 11.5 Å². The summed E-state index contributed by atoms with van der Waals surface area (Å²) in [6.45, 7) is 2.58. The van der Waals surface area contributed by atoms with Crippen LogP contribution < -0.4 is 14.8 Å². The number of halogens is 1. The molecular weight excluding hydrogens is 270 g/mol. The van der Waals surface area contributed by atoms with E-state index < -0.39 is 5.97 Å². The van der Waals surface area contributed by atoms with Crippen molar-refractivity contribution < 1.29 is 19.4 Å². The Morgan fingerprint density at radius 3 is 3.00 bits per heavy atom. The molecular formula is C13H14ClNO4. The monoisotopic (exact) mass is 283 g/mol. The Labute approximate surface area is 115 Å². The van der Waals surface area contributed by atoms with E-state index in [1.54, 1.807) is 6.07 Å². The number of carboxylic acid groups (broad SMARTS) is 1. The predicted molar refractivity (Wildman–Crippen MR) is 68.8 cm³/mol. The molecule has 1 saturated heterocycles. The van der Waals surface area contributed by atoms with Crippen LogP contribution in [0.4, 0.5) is 0 Å². The maximum absolute atomic E-state index is 11.0. The largest absolute Gasteiger partial charge is 0.481 e. The quantitative estimate of drug-likeness (QED) is 0.870. The Kier molecular flexibility index (Phi) is 3.03. The van der Waals surface area contributed by atoms with Crippen LogP contribution in [0.1, 0.15) is 23.6 Å². The molecule has 0 aromatic heterocycles. The molecule has 2 heterocycles. The van der Waals surface area contributed by atoms with Crippen LogP contribution in [0.2, 0.25) is 5.02 Å². The first-order valence-corrected chi connectivity index (χ1v) is 6.50. The Morgan fingerprint density at radius 2 is 2.32 bits per heavy atom. The number of hydrogen-bond donors (Lipinski definition) is 2. The van der Waals surface area contributed by atoms with E-state index in [1.165, 1.54) is 0 Å². The Bertz CT molecular complexity index is 546. The Hall–Kier alpha value is -1.46. The Morgan fingerprint density at radius 1 is 1.53 bits per heavy atom. The third-order valence-electron chi connectivity index (χ3n) is 3.73. The number of ether oxygens (including phenoxy) is 2. The summed E-state index contributed by atoms with van der Waals surface area (Å²) in [7, 11) is 0. The second kappa shape index (κ2) is 4.58. The van der Waals surface area contributed by atoms with Gasteiger partial charge in [-0.1, -0.05) is 11.6 Å². The summed E-state index contributed by atoms with van der Waals surface area (Å²) in [6.07, 6.45) is 0.537. The fourth-order valence-electron chi connectivity index (χ4n) is 2.75. The van der Waals surface area contributed by atoms with Gasteiger partial charge in [0.15, 0.2) is 11.5 Å². The topological polar surface area (TPSA) is 67.8 Å². The van der Waals surface area contributed by atoms with Crippen molar-refractivity contribution in [1.29, 1.82) is 0 Å². The lowest BCUT2D eigenvalue weighted by molar-refractivity contribution is -0.141. The summed E-state index contributed by atoms with van der Waals surface area (Å²) in [5.41, 5.74) is 1.83. The van der Waals surface area contributed by atoms with Crippen molar-refractivity contribution in [3.05, 3.63) is 22.2 Å². The van der Waals surface area contributed by atoms with E-state index in [1.807, 2.05) is 6.92 Å². The second-order valence-electron chi connectivity index (χ2n) is 4.86. The van der Waals surface area contributed by atoms with Gasteiger partial charge in [-0.25, -0.2) is 0 Å². The van der Waals surface area contributed by atoms with E-state index in [9.17, 15) is 4.79 Å². The third-order valence-corrected chi connectivity index (χ3v) is 4.04. The van der Waals surface area contributed by atoms with Gasteiger partial charge in [0.25, 0.3) is 0 Å². The third kappa shape index (κ3) is 2.03. The van der Waals surface area contributed by atoms with Gasteiger partial charge in [-0.3, -0.25) is 4.79 Å². The van der Waals surface area contributed by atoms with E-state index in [2.05, 4.69) is 5.32 Å². The van der Waals surface area contributed by atoms with Crippen molar-refractivity contribution in [2.75, 3.05) is 13.3 Å². The molecule has 2 N–H and O–H groups in total. The highest BCUT2D eigenvalue weighted by molar-refractivity contribution is 6.31. The van der Waals surface area contributed by atoms with Gasteiger partial charge in [-0.15, -0.1) is 0 Å². The number of fused-ring (bicyclic) bond motifs is 1. The molecule has 2 aliphatic rings. The average molecular weight is 284 g/mol. The first-order chi connectivity index (χ1) is 9.08. The normalized spacial score (nSPS) is 24.7. The van der Waals surface area contributed by atoms with E-state index >= 15 is 0 Å². The molecule has 0 spiro atoms. The van der Waals surface area contributed by atoms with E-state index in [-0.39, 0.29) is 18.8 Å². The number of aliphatic carboxylic acids is 1. The molecule has 1 aromatic rings. The van der Waals surface area contributed by atoms with Gasteiger partial charge >= 0.3 is 5.97 Å². The molecule has 2 aliphatic heterocycles. The number of nitrogens with one attached hydrogen (secondary N) is 1. The molecule has 102 valence electrons. The zero-order valence-corrected chi connectivity index (χ0v) is 11.2. The molecule has 2 unspecified atom stereocenters. The van der Waals surface area contributed by atoms with Crippen LogP contribution in [0.25, 0.3) is 0 Å². The summed E-state index contributed by atoms with van der Waals surface area (Å²) >= 11 is 6.30. The van der Waals surface area contributed by atoms with Crippen LogP contribution in [-0.2, 0) is 4.79 Å². The molecule has 5 nitrogen and oxygen atoms in total. The van der Waals surface area contributed by atoms with Crippen LogP contribution in [-0.4, -0.2) is 24.4 Å². The molecule has 2 atom stereocenters. The van der Waals surface area contributed by atoms with Gasteiger partial charge in [0, 0.05) is 29.2 Å². The number of benzene rings is 1. The summed E-state index contributed by atoms with van der Waals surface area (Å²) in [4.78, 5) is 11.0. The van der Waals surface area contributed by atoms with Crippen LogP contribution in [0.15, 0.2) is 6.07 Å².